The van der Waals surface area contributed by atoms with E-state index in [0.717, 1.165) is 6.08 Å². The second kappa shape index (κ2) is 6.88. The average Bonchev–Trinajstić information content (AvgIpc) is 2.20. The van der Waals surface area contributed by atoms with Gasteiger partial charge < -0.3 is 19.8 Å². The molecule has 0 aliphatic carbocycles. The standard InChI is InChI=1S/C8H16O9P2/c1-3-7(9)8(2,10)5-4-6-16-19(14,15)17-18(11,12)13/h3,10H,1,4-6H2,2H3,(H,14,15)(H2,11,12,13). The third-order valence-electron chi connectivity index (χ3n) is 1.99. The zero-order valence-corrected chi connectivity index (χ0v) is 11.9. The highest BCUT2D eigenvalue weighted by Gasteiger charge is 2.33. The first-order chi connectivity index (χ1) is 8.40. The molecule has 0 spiro atoms. The molecule has 4 N–H and O–H groups in total. The van der Waals surface area contributed by atoms with Gasteiger partial charge in [0.25, 0.3) is 0 Å². The van der Waals surface area contributed by atoms with Crippen LogP contribution in [0.25, 0.3) is 0 Å². The van der Waals surface area contributed by atoms with Crippen molar-refractivity contribution in [2.45, 2.75) is 25.4 Å². The highest BCUT2D eigenvalue weighted by Crippen LogP contribution is 2.57. The van der Waals surface area contributed by atoms with Gasteiger partial charge in [-0.2, -0.15) is 4.31 Å². The first-order valence-corrected chi connectivity index (χ1v) is 8.06. The largest absolute Gasteiger partial charge is 0.481 e. The summed E-state index contributed by atoms with van der Waals surface area (Å²) in [7, 11) is -10.0. The summed E-state index contributed by atoms with van der Waals surface area (Å²) in [4.78, 5) is 36.7. The van der Waals surface area contributed by atoms with Crippen molar-refractivity contribution < 1.29 is 42.5 Å². The zero-order chi connectivity index (χ0) is 15.3. The zero-order valence-electron chi connectivity index (χ0n) is 10.1. The van der Waals surface area contributed by atoms with E-state index in [-0.39, 0.29) is 12.8 Å². The molecule has 11 heteroatoms. The first kappa shape index (κ1) is 18.6. The van der Waals surface area contributed by atoms with Gasteiger partial charge >= 0.3 is 15.6 Å². The van der Waals surface area contributed by atoms with Crippen LogP contribution in [0, 0.1) is 0 Å². The maximum atomic E-state index is 11.2. The van der Waals surface area contributed by atoms with Gasteiger partial charge in [-0.3, -0.25) is 9.32 Å². The van der Waals surface area contributed by atoms with Crippen LogP contribution in [0.3, 0.4) is 0 Å². The van der Waals surface area contributed by atoms with Gasteiger partial charge in [0.2, 0.25) is 0 Å². The van der Waals surface area contributed by atoms with Crippen LogP contribution in [0.15, 0.2) is 12.7 Å². The molecule has 0 bridgehead atoms. The lowest BCUT2D eigenvalue weighted by Gasteiger charge is -2.20. The molecule has 0 saturated heterocycles. The maximum Gasteiger partial charge on any atom is 0.481 e. The SMILES string of the molecule is C=CC(=O)C(C)(O)CCCOP(=O)(O)OP(=O)(O)O. The minimum atomic E-state index is -5.14. The van der Waals surface area contributed by atoms with Crippen molar-refractivity contribution >= 4 is 21.4 Å². The minimum Gasteiger partial charge on any atom is -0.382 e. The van der Waals surface area contributed by atoms with Crippen LogP contribution in [0.5, 0.6) is 0 Å². The summed E-state index contributed by atoms with van der Waals surface area (Å²) in [5, 5.41) is 9.64. The van der Waals surface area contributed by atoms with Gasteiger partial charge in [-0.25, -0.2) is 9.13 Å². The fourth-order valence-corrected chi connectivity index (χ4v) is 2.72. The number of aliphatic hydroxyl groups is 1. The van der Waals surface area contributed by atoms with E-state index in [2.05, 4.69) is 15.4 Å². The maximum absolute atomic E-state index is 11.2. The Labute approximate surface area is 109 Å². The molecular formula is C8H16O9P2. The number of phosphoric ester groups is 1. The van der Waals surface area contributed by atoms with Crippen molar-refractivity contribution in [3.05, 3.63) is 12.7 Å². The molecule has 9 nitrogen and oxygen atoms in total. The van der Waals surface area contributed by atoms with Gasteiger partial charge in [-0.1, -0.05) is 6.58 Å². The van der Waals surface area contributed by atoms with E-state index in [1.54, 1.807) is 0 Å². The second-order valence-electron chi connectivity index (χ2n) is 3.82. The van der Waals surface area contributed by atoms with E-state index >= 15 is 0 Å². The lowest BCUT2D eigenvalue weighted by Crippen LogP contribution is -2.33. The molecule has 0 aromatic heterocycles. The van der Waals surface area contributed by atoms with E-state index in [1.807, 2.05) is 0 Å². The molecule has 0 aromatic carbocycles. The van der Waals surface area contributed by atoms with E-state index in [0.29, 0.717) is 0 Å². The van der Waals surface area contributed by atoms with Gasteiger partial charge in [0.1, 0.15) is 5.60 Å². The number of carbonyl (C=O) groups excluding carboxylic acids is 1. The third-order valence-corrected chi connectivity index (χ3v) is 4.17. The Kier molecular flexibility index (Phi) is 6.74. The summed E-state index contributed by atoms with van der Waals surface area (Å²) < 4.78 is 29.1. The number of carbonyl (C=O) groups is 1. The molecule has 0 fully saturated rings. The number of hydrogen-bond donors (Lipinski definition) is 4. The Morgan fingerprint density at radius 1 is 1.37 bits per heavy atom. The van der Waals surface area contributed by atoms with Gasteiger partial charge in [-0.15, -0.1) is 0 Å². The average molecular weight is 318 g/mol. The van der Waals surface area contributed by atoms with Gasteiger partial charge in [-0.05, 0) is 25.8 Å². The van der Waals surface area contributed by atoms with Crippen LogP contribution >= 0.6 is 15.6 Å². The Balaban J connectivity index is 4.18. The van der Waals surface area contributed by atoms with Crippen LogP contribution in [0.4, 0.5) is 0 Å². The summed E-state index contributed by atoms with van der Waals surface area (Å²) in [6, 6.07) is 0. The fourth-order valence-electron chi connectivity index (χ4n) is 1.10. The fraction of sp³-hybridized carbons (Fsp3) is 0.625. The molecule has 0 rings (SSSR count). The minimum absolute atomic E-state index is 0.0123. The summed E-state index contributed by atoms with van der Waals surface area (Å²) in [6.07, 6.45) is 0.837. The highest BCUT2D eigenvalue weighted by molar-refractivity contribution is 7.60. The van der Waals surface area contributed by atoms with Crippen molar-refractivity contribution in [2.24, 2.45) is 0 Å². The smallest absolute Gasteiger partial charge is 0.382 e. The van der Waals surface area contributed by atoms with Crippen molar-refractivity contribution in [1.82, 2.24) is 0 Å². The lowest BCUT2D eigenvalue weighted by molar-refractivity contribution is -0.131. The molecule has 0 radical (unpaired) electrons. The Morgan fingerprint density at radius 3 is 2.32 bits per heavy atom. The quantitative estimate of drug-likeness (QED) is 0.270. The molecule has 2 unspecified atom stereocenters. The lowest BCUT2D eigenvalue weighted by atomic mass is 9.95. The molecule has 2 atom stereocenters. The summed E-state index contributed by atoms with van der Waals surface area (Å²) >= 11 is 0. The van der Waals surface area contributed by atoms with E-state index in [1.165, 1.54) is 6.92 Å². The Hall–Kier alpha value is -0.370. The molecular weight excluding hydrogens is 302 g/mol. The van der Waals surface area contributed by atoms with E-state index in [4.69, 9.17) is 14.7 Å². The molecule has 112 valence electrons. The van der Waals surface area contributed by atoms with Gasteiger partial charge in [0, 0.05) is 0 Å². The molecule has 0 amide bonds. The topological polar surface area (TPSA) is 151 Å². The molecule has 0 aliphatic rings. The van der Waals surface area contributed by atoms with Crippen LogP contribution in [-0.4, -0.2) is 37.8 Å². The predicted octanol–water partition coefficient (Wildman–Crippen LogP) is 0.499. The van der Waals surface area contributed by atoms with Crippen molar-refractivity contribution in [3.63, 3.8) is 0 Å². The third kappa shape index (κ3) is 8.41. The summed E-state index contributed by atoms with van der Waals surface area (Å²) in [6.45, 7) is 4.00. The van der Waals surface area contributed by atoms with Crippen molar-refractivity contribution in [3.8, 4) is 0 Å². The number of hydrogen-bond acceptors (Lipinski definition) is 6. The molecule has 0 aromatic rings. The molecule has 0 saturated carbocycles. The monoisotopic (exact) mass is 318 g/mol. The van der Waals surface area contributed by atoms with Crippen LogP contribution in [0.1, 0.15) is 19.8 Å². The molecule has 0 aliphatic heterocycles. The second-order valence-corrected chi connectivity index (χ2v) is 6.65. The van der Waals surface area contributed by atoms with Gasteiger partial charge in [0.05, 0.1) is 6.61 Å². The van der Waals surface area contributed by atoms with E-state index in [9.17, 15) is 19.0 Å². The Bertz CT molecular complexity index is 424. The van der Waals surface area contributed by atoms with Crippen molar-refractivity contribution in [2.75, 3.05) is 6.61 Å². The molecule has 0 heterocycles. The number of rotatable bonds is 9. The summed E-state index contributed by atoms with van der Waals surface area (Å²) in [5.41, 5.74) is -1.69. The van der Waals surface area contributed by atoms with E-state index < -0.39 is 33.6 Å². The first-order valence-electron chi connectivity index (χ1n) is 5.03. The van der Waals surface area contributed by atoms with Crippen LogP contribution < -0.4 is 0 Å². The Morgan fingerprint density at radius 2 is 1.89 bits per heavy atom. The molecule has 19 heavy (non-hydrogen) atoms. The van der Waals surface area contributed by atoms with Crippen LogP contribution in [-0.2, 0) is 22.8 Å². The number of phosphoric acid groups is 2. The summed E-state index contributed by atoms with van der Waals surface area (Å²) in [5.74, 6) is -0.619. The highest BCUT2D eigenvalue weighted by atomic mass is 31.3. The van der Waals surface area contributed by atoms with Crippen LogP contribution in [0.2, 0.25) is 0 Å². The van der Waals surface area contributed by atoms with Gasteiger partial charge in [0.15, 0.2) is 5.78 Å². The predicted molar refractivity (Wildman–Crippen MR) is 64.0 cm³/mol. The normalized spacial score (nSPS) is 18.4. The van der Waals surface area contributed by atoms with Crippen molar-refractivity contribution in [1.29, 1.82) is 0 Å². The number of ketones is 1.